The normalized spacial score (nSPS) is 14.5. The molecule has 2 aromatic rings. The molecular formula is C13H13N3OS. The van der Waals surface area contributed by atoms with Gasteiger partial charge in [0, 0.05) is 18.1 Å². The summed E-state index contributed by atoms with van der Waals surface area (Å²) in [4.78, 5) is 2.01. The Labute approximate surface area is 109 Å². The fourth-order valence-electron chi connectivity index (χ4n) is 1.90. The highest BCUT2D eigenvalue weighted by Crippen LogP contribution is 2.42. The van der Waals surface area contributed by atoms with Gasteiger partial charge in [-0.05, 0) is 25.8 Å². The lowest BCUT2D eigenvalue weighted by Gasteiger charge is -2.04. The number of rotatable bonds is 3. The number of hydrogen-bond acceptors (Lipinski definition) is 4. The van der Waals surface area contributed by atoms with Crippen LogP contribution in [-0.2, 0) is 7.05 Å². The number of nitriles is 1. The van der Waals surface area contributed by atoms with Crippen molar-refractivity contribution >= 4 is 11.3 Å². The van der Waals surface area contributed by atoms with Gasteiger partial charge in [-0.1, -0.05) is 0 Å². The molecule has 0 unspecified atom stereocenters. The van der Waals surface area contributed by atoms with Gasteiger partial charge in [-0.25, -0.2) is 0 Å². The van der Waals surface area contributed by atoms with Crippen LogP contribution in [0.25, 0.3) is 10.6 Å². The van der Waals surface area contributed by atoms with E-state index in [0.29, 0.717) is 11.7 Å². The smallest absolute Gasteiger partial charge is 0.151 e. The quantitative estimate of drug-likeness (QED) is 0.851. The van der Waals surface area contributed by atoms with Crippen molar-refractivity contribution in [1.29, 1.82) is 5.26 Å². The van der Waals surface area contributed by atoms with Crippen molar-refractivity contribution in [3.63, 3.8) is 0 Å². The molecule has 3 rings (SSSR count). The molecule has 18 heavy (non-hydrogen) atoms. The van der Waals surface area contributed by atoms with Gasteiger partial charge in [-0.15, -0.1) is 11.3 Å². The number of thiophene rings is 1. The molecule has 0 aliphatic heterocycles. The Balaban J connectivity index is 2.10. The number of aromatic nitrogens is 2. The molecule has 0 atom stereocenters. The first kappa shape index (κ1) is 11.3. The molecule has 0 spiro atoms. The number of aryl methyl sites for hydroxylation is 2. The molecule has 0 aromatic carbocycles. The molecule has 0 amide bonds. The first-order valence-electron chi connectivity index (χ1n) is 5.89. The molecule has 0 radical (unpaired) electrons. The average molecular weight is 259 g/mol. The lowest BCUT2D eigenvalue weighted by atomic mass is 10.2. The molecule has 0 N–H and O–H groups in total. The second-order valence-corrected chi connectivity index (χ2v) is 5.69. The van der Waals surface area contributed by atoms with Gasteiger partial charge >= 0.3 is 0 Å². The molecule has 2 aromatic heterocycles. The van der Waals surface area contributed by atoms with E-state index in [-0.39, 0.29) is 0 Å². The van der Waals surface area contributed by atoms with Crippen molar-refractivity contribution in [2.75, 3.05) is 0 Å². The maximum absolute atomic E-state index is 9.38. The van der Waals surface area contributed by atoms with Crippen LogP contribution in [0.15, 0.2) is 12.3 Å². The summed E-state index contributed by atoms with van der Waals surface area (Å²) in [5.74, 6) is 0.765. The van der Waals surface area contributed by atoms with E-state index in [9.17, 15) is 5.26 Å². The minimum Gasteiger partial charge on any atom is -0.488 e. The Bertz CT molecular complexity index is 631. The first-order chi connectivity index (χ1) is 8.70. The van der Waals surface area contributed by atoms with E-state index in [1.807, 2.05) is 20.0 Å². The highest BCUT2D eigenvalue weighted by atomic mass is 32.1. The summed E-state index contributed by atoms with van der Waals surface area (Å²) >= 11 is 1.60. The van der Waals surface area contributed by atoms with Crippen LogP contribution >= 0.6 is 11.3 Å². The topological polar surface area (TPSA) is 50.8 Å². The van der Waals surface area contributed by atoms with Crippen molar-refractivity contribution in [2.24, 2.45) is 7.05 Å². The predicted molar refractivity (Wildman–Crippen MR) is 69.6 cm³/mol. The highest BCUT2D eigenvalue weighted by Gasteiger charge is 2.28. The van der Waals surface area contributed by atoms with E-state index in [1.54, 1.807) is 22.2 Å². The van der Waals surface area contributed by atoms with Crippen molar-refractivity contribution in [3.05, 3.63) is 22.7 Å². The minimum atomic E-state index is 0.310. The summed E-state index contributed by atoms with van der Waals surface area (Å²) in [5, 5.41) is 13.5. The van der Waals surface area contributed by atoms with E-state index in [2.05, 4.69) is 11.2 Å². The zero-order valence-corrected chi connectivity index (χ0v) is 11.1. The monoisotopic (exact) mass is 259 g/mol. The summed E-state index contributed by atoms with van der Waals surface area (Å²) in [5.41, 5.74) is 1.61. The van der Waals surface area contributed by atoms with E-state index < -0.39 is 0 Å². The largest absolute Gasteiger partial charge is 0.488 e. The average Bonchev–Trinajstić information content (AvgIpc) is 2.99. The van der Waals surface area contributed by atoms with E-state index in [0.717, 1.165) is 34.0 Å². The summed E-state index contributed by atoms with van der Waals surface area (Å²) in [6, 6.07) is 4.20. The van der Waals surface area contributed by atoms with Gasteiger partial charge in [0.25, 0.3) is 0 Å². The van der Waals surface area contributed by atoms with Crippen LogP contribution in [0.5, 0.6) is 5.75 Å². The zero-order valence-electron chi connectivity index (χ0n) is 10.3. The van der Waals surface area contributed by atoms with Gasteiger partial charge in [0.2, 0.25) is 0 Å². The molecule has 4 nitrogen and oxygen atoms in total. The number of ether oxygens (including phenoxy) is 1. The molecule has 1 aliphatic carbocycles. The Morgan fingerprint density at radius 1 is 1.56 bits per heavy atom. The summed E-state index contributed by atoms with van der Waals surface area (Å²) in [6.07, 6.45) is 4.25. The predicted octanol–water partition coefficient (Wildman–Crippen LogP) is 2.87. The van der Waals surface area contributed by atoms with Crippen LogP contribution in [0.3, 0.4) is 0 Å². The summed E-state index contributed by atoms with van der Waals surface area (Å²) < 4.78 is 7.64. The van der Waals surface area contributed by atoms with Crippen LogP contribution < -0.4 is 4.74 Å². The van der Waals surface area contributed by atoms with Crippen LogP contribution in [0.2, 0.25) is 0 Å². The van der Waals surface area contributed by atoms with Gasteiger partial charge < -0.3 is 4.74 Å². The zero-order chi connectivity index (χ0) is 12.7. The molecule has 2 heterocycles. The van der Waals surface area contributed by atoms with Crippen LogP contribution in [0.4, 0.5) is 0 Å². The van der Waals surface area contributed by atoms with Crippen LogP contribution in [-0.4, -0.2) is 15.9 Å². The Hall–Kier alpha value is -1.80. The van der Waals surface area contributed by atoms with Gasteiger partial charge in [0.05, 0.1) is 16.7 Å². The molecule has 0 bridgehead atoms. The third kappa shape index (κ3) is 1.79. The van der Waals surface area contributed by atoms with Crippen molar-refractivity contribution in [3.8, 4) is 22.4 Å². The second-order valence-electron chi connectivity index (χ2n) is 4.46. The van der Waals surface area contributed by atoms with Gasteiger partial charge in [0.1, 0.15) is 11.6 Å². The Morgan fingerprint density at radius 2 is 2.33 bits per heavy atom. The maximum Gasteiger partial charge on any atom is 0.151 e. The summed E-state index contributed by atoms with van der Waals surface area (Å²) in [6.45, 7) is 2.00. The van der Waals surface area contributed by atoms with E-state index in [1.165, 1.54) is 0 Å². The molecule has 92 valence electrons. The van der Waals surface area contributed by atoms with Crippen molar-refractivity contribution < 1.29 is 4.74 Å². The fourth-order valence-corrected chi connectivity index (χ4v) is 3.00. The molecule has 0 saturated heterocycles. The van der Waals surface area contributed by atoms with E-state index >= 15 is 0 Å². The van der Waals surface area contributed by atoms with Crippen LogP contribution in [0.1, 0.15) is 23.3 Å². The molecule has 1 fully saturated rings. The lowest BCUT2D eigenvalue weighted by molar-refractivity contribution is 0.302. The van der Waals surface area contributed by atoms with Crippen LogP contribution in [0, 0.1) is 18.3 Å². The molecule has 5 heteroatoms. The molecule has 1 aliphatic rings. The summed E-state index contributed by atoms with van der Waals surface area (Å²) in [7, 11) is 1.88. The Kier molecular flexibility index (Phi) is 2.60. The number of hydrogen-bond donors (Lipinski definition) is 0. The highest BCUT2D eigenvalue weighted by molar-refractivity contribution is 7.16. The molecular weight excluding hydrogens is 246 g/mol. The SMILES string of the molecule is Cc1sc(-c2ccnn2C)c(C#N)c1OC1CC1. The molecule has 1 saturated carbocycles. The fraction of sp³-hybridized carbons (Fsp3) is 0.385. The third-order valence-electron chi connectivity index (χ3n) is 3.00. The van der Waals surface area contributed by atoms with E-state index in [4.69, 9.17) is 4.74 Å². The van der Waals surface area contributed by atoms with Crippen molar-refractivity contribution in [1.82, 2.24) is 9.78 Å². The third-order valence-corrected chi connectivity index (χ3v) is 4.11. The van der Waals surface area contributed by atoms with Crippen molar-refractivity contribution in [2.45, 2.75) is 25.9 Å². The van der Waals surface area contributed by atoms with Gasteiger partial charge in [-0.2, -0.15) is 10.4 Å². The second kappa shape index (κ2) is 4.14. The maximum atomic E-state index is 9.38. The number of nitrogens with zero attached hydrogens (tertiary/aromatic N) is 3. The lowest BCUT2D eigenvalue weighted by Crippen LogP contribution is -1.98. The van der Waals surface area contributed by atoms with Gasteiger partial charge in [0.15, 0.2) is 5.75 Å². The first-order valence-corrected chi connectivity index (χ1v) is 6.71. The standard InChI is InChI=1S/C13H13N3OS/c1-8-12(17-9-3-4-9)10(7-14)13(18-8)11-5-6-15-16(11)2/h5-6,9H,3-4H2,1-2H3. The minimum absolute atomic E-state index is 0.310. The van der Waals surface area contributed by atoms with Gasteiger partial charge in [-0.3, -0.25) is 4.68 Å². The Morgan fingerprint density at radius 3 is 2.89 bits per heavy atom.